The zero-order valence-corrected chi connectivity index (χ0v) is 21.9. The van der Waals surface area contributed by atoms with Crippen molar-refractivity contribution in [2.24, 2.45) is 5.73 Å². The number of hydrogen-bond donors (Lipinski definition) is 1. The van der Waals surface area contributed by atoms with Crippen LogP contribution in [0, 0.1) is 0 Å². The van der Waals surface area contributed by atoms with Gasteiger partial charge in [-0.15, -0.1) is 0 Å². The summed E-state index contributed by atoms with van der Waals surface area (Å²) in [6.45, 7) is 5.21. The predicted molar refractivity (Wildman–Crippen MR) is 144 cm³/mol. The summed E-state index contributed by atoms with van der Waals surface area (Å²) in [7, 11) is 3.45. The molecule has 0 saturated carbocycles. The van der Waals surface area contributed by atoms with Crippen molar-refractivity contribution >= 4 is 5.69 Å². The summed E-state index contributed by atoms with van der Waals surface area (Å²) < 4.78 is 11.3. The summed E-state index contributed by atoms with van der Waals surface area (Å²) in [5.41, 5.74) is 11.1. The molecule has 2 aromatic carbocycles. The van der Waals surface area contributed by atoms with Crippen LogP contribution < -0.4 is 20.1 Å². The first-order valence-corrected chi connectivity index (χ1v) is 13.4. The second kappa shape index (κ2) is 13.6. The lowest BCUT2D eigenvalue weighted by Gasteiger charge is -2.44. The summed E-state index contributed by atoms with van der Waals surface area (Å²) in [5.74, 6) is 1.65. The fraction of sp³-hybridized carbons (Fsp3) is 0.600. The number of unbranched alkanes of at least 4 members (excludes halogenated alkanes) is 8. The van der Waals surface area contributed by atoms with Crippen LogP contribution in [0.25, 0.3) is 0 Å². The first-order chi connectivity index (χ1) is 16.6. The summed E-state index contributed by atoms with van der Waals surface area (Å²) in [4.78, 5) is 2.62. The second-order valence-corrected chi connectivity index (χ2v) is 9.87. The molecule has 0 radical (unpaired) electrons. The van der Waals surface area contributed by atoms with Crippen molar-refractivity contribution in [2.45, 2.75) is 103 Å². The van der Waals surface area contributed by atoms with Gasteiger partial charge in [-0.05, 0) is 60.7 Å². The highest BCUT2D eigenvalue weighted by molar-refractivity contribution is 5.57. The number of benzene rings is 2. The van der Waals surface area contributed by atoms with Crippen LogP contribution in [0.5, 0.6) is 11.5 Å². The van der Waals surface area contributed by atoms with Gasteiger partial charge in [0, 0.05) is 18.3 Å². The zero-order chi connectivity index (χ0) is 24.3. The van der Waals surface area contributed by atoms with Crippen LogP contribution in [0.1, 0.15) is 101 Å². The Balaban J connectivity index is 1.76. The predicted octanol–water partition coefficient (Wildman–Crippen LogP) is 7.58. The van der Waals surface area contributed by atoms with Crippen LogP contribution in [0.4, 0.5) is 5.69 Å². The number of nitrogens with two attached hydrogens (primary N) is 1. The van der Waals surface area contributed by atoms with Crippen molar-refractivity contribution in [2.75, 3.05) is 19.1 Å². The number of anilines is 1. The first-order valence-electron chi connectivity index (χ1n) is 13.4. The first kappa shape index (κ1) is 26.4. The minimum atomic E-state index is 0.340. The largest absolute Gasteiger partial charge is 0.493 e. The number of ether oxygens (including phenoxy) is 2. The number of nitrogens with zero attached hydrogens (tertiary/aromatic N) is 1. The lowest BCUT2D eigenvalue weighted by molar-refractivity contribution is 0.351. The maximum absolute atomic E-state index is 5.86. The van der Waals surface area contributed by atoms with E-state index in [1.807, 2.05) is 0 Å². The van der Waals surface area contributed by atoms with E-state index in [1.54, 1.807) is 14.2 Å². The number of hydrogen-bond acceptors (Lipinski definition) is 4. The Kier molecular flexibility index (Phi) is 10.6. The second-order valence-electron chi connectivity index (χ2n) is 9.87. The van der Waals surface area contributed by atoms with Crippen molar-refractivity contribution in [3.8, 4) is 11.5 Å². The SMILES string of the molecule is CCCCCCCCCCCC1c2cc(OC)c(OC)cc2CC(C)N1c1ccc(CN)cc1. The van der Waals surface area contributed by atoms with Crippen molar-refractivity contribution in [1.82, 2.24) is 0 Å². The molecule has 0 fully saturated rings. The van der Waals surface area contributed by atoms with Crippen LogP contribution in [-0.2, 0) is 13.0 Å². The van der Waals surface area contributed by atoms with Gasteiger partial charge in [0.15, 0.2) is 11.5 Å². The van der Waals surface area contributed by atoms with Gasteiger partial charge in [0.1, 0.15) is 0 Å². The molecule has 0 aromatic heterocycles. The third-order valence-corrected chi connectivity index (χ3v) is 7.38. The molecule has 2 atom stereocenters. The molecule has 0 spiro atoms. The summed E-state index contributed by atoms with van der Waals surface area (Å²) in [6.07, 6.45) is 14.3. The standard InChI is InChI=1S/C30H46N2O2/c1-5-6-7-8-9-10-11-12-13-14-28-27-21-30(34-4)29(33-3)20-25(27)19-23(2)32(28)26-17-15-24(22-31)16-18-26/h15-18,20-21,23,28H,5-14,19,22,31H2,1-4H3. The molecule has 34 heavy (non-hydrogen) atoms. The average molecular weight is 467 g/mol. The Hall–Kier alpha value is -2.20. The van der Waals surface area contributed by atoms with E-state index >= 15 is 0 Å². The Morgan fingerprint density at radius 1 is 0.853 bits per heavy atom. The van der Waals surface area contributed by atoms with E-state index in [-0.39, 0.29) is 0 Å². The molecule has 0 saturated heterocycles. The highest BCUT2D eigenvalue weighted by atomic mass is 16.5. The Labute approximate surface area is 207 Å². The van der Waals surface area contributed by atoms with Gasteiger partial charge in [0.2, 0.25) is 0 Å². The third-order valence-electron chi connectivity index (χ3n) is 7.38. The van der Waals surface area contributed by atoms with Gasteiger partial charge in [0.25, 0.3) is 0 Å². The van der Waals surface area contributed by atoms with Gasteiger partial charge in [0.05, 0.1) is 20.3 Å². The van der Waals surface area contributed by atoms with Crippen LogP contribution in [-0.4, -0.2) is 20.3 Å². The van der Waals surface area contributed by atoms with E-state index in [4.69, 9.17) is 15.2 Å². The molecule has 188 valence electrons. The molecule has 1 aliphatic rings. The number of fused-ring (bicyclic) bond motifs is 1. The minimum Gasteiger partial charge on any atom is -0.493 e. The summed E-state index contributed by atoms with van der Waals surface area (Å²) in [5, 5.41) is 0. The maximum atomic E-state index is 5.86. The number of rotatable bonds is 14. The molecule has 2 aromatic rings. The zero-order valence-electron chi connectivity index (χ0n) is 21.9. The normalized spacial score (nSPS) is 17.5. The van der Waals surface area contributed by atoms with Crippen molar-refractivity contribution in [1.29, 1.82) is 0 Å². The van der Waals surface area contributed by atoms with Crippen LogP contribution >= 0.6 is 0 Å². The van der Waals surface area contributed by atoms with Crippen molar-refractivity contribution in [3.63, 3.8) is 0 Å². The van der Waals surface area contributed by atoms with Crippen LogP contribution in [0.3, 0.4) is 0 Å². The number of methoxy groups -OCH3 is 2. The Morgan fingerprint density at radius 3 is 2.03 bits per heavy atom. The van der Waals surface area contributed by atoms with E-state index in [0.29, 0.717) is 18.6 Å². The Morgan fingerprint density at radius 2 is 1.44 bits per heavy atom. The molecule has 4 nitrogen and oxygen atoms in total. The molecule has 4 heteroatoms. The molecule has 0 bridgehead atoms. The average Bonchev–Trinajstić information content (AvgIpc) is 2.86. The van der Waals surface area contributed by atoms with Crippen molar-refractivity contribution < 1.29 is 9.47 Å². The molecular formula is C30H46N2O2. The molecule has 3 rings (SSSR count). The highest BCUT2D eigenvalue weighted by Crippen LogP contribution is 2.44. The van der Waals surface area contributed by atoms with E-state index in [1.165, 1.54) is 80.2 Å². The van der Waals surface area contributed by atoms with Gasteiger partial charge in [-0.3, -0.25) is 0 Å². The van der Waals surface area contributed by atoms with Crippen LogP contribution in [0.15, 0.2) is 36.4 Å². The van der Waals surface area contributed by atoms with E-state index in [2.05, 4.69) is 55.1 Å². The topological polar surface area (TPSA) is 47.7 Å². The molecule has 2 unspecified atom stereocenters. The lowest BCUT2D eigenvalue weighted by Crippen LogP contribution is -2.42. The minimum absolute atomic E-state index is 0.340. The van der Waals surface area contributed by atoms with Crippen molar-refractivity contribution in [3.05, 3.63) is 53.1 Å². The van der Waals surface area contributed by atoms with Gasteiger partial charge < -0.3 is 20.1 Å². The fourth-order valence-electron chi connectivity index (χ4n) is 5.48. The molecule has 1 aliphatic heterocycles. The Bertz CT molecular complexity index is 865. The van der Waals surface area contributed by atoms with Gasteiger partial charge >= 0.3 is 0 Å². The molecule has 2 N–H and O–H groups in total. The molecule has 1 heterocycles. The highest BCUT2D eigenvalue weighted by Gasteiger charge is 2.33. The molecule has 0 aliphatic carbocycles. The smallest absolute Gasteiger partial charge is 0.161 e. The molecule has 0 amide bonds. The summed E-state index contributed by atoms with van der Waals surface area (Å²) >= 11 is 0. The maximum Gasteiger partial charge on any atom is 0.161 e. The summed E-state index contributed by atoms with van der Waals surface area (Å²) in [6, 6.07) is 14.0. The van der Waals surface area contributed by atoms with Gasteiger partial charge in [-0.1, -0.05) is 76.8 Å². The van der Waals surface area contributed by atoms with Gasteiger partial charge in [-0.25, -0.2) is 0 Å². The lowest BCUT2D eigenvalue weighted by atomic mass is 9.85. The van der Waals surface area contributed by atoms with E-state index in [0.717, 1.165) is 24.3 Å². The van der Waals surface area contributed by atoms with E-state index in [9.17, 15) is 0 Å². The monoisotopic (exact) mass is 466 g/mol. The molecular weight excluding hydrogens is 420 g/mol. The van der Waals surface area contributed by atoms with Gasteiger partial charge in [-0.2, -0.15) is 0 Å². The van der Waals surface area contributed by atoms with E-state index < -0.39 is 0 Å². The third kappa shape index (κ3) is 6.69. The quantitative estimate of drug-likeness (QED) is 0.292. The fourth-order valence-corrected chi connectivity index (χ4v) is 5.48. The van der Waals surface area contributed by atoms with Crippen LogP contribution in [0.2, 0.25) is 0 Å².